The van der Waals surface area contributed by atoms with Crippen LogP contribution in [0.2, 0.25) is 5.02 Å². The van der Waals surface area contributed by atoms with E-state index in [1.165, 1.54) is 0 Å². The predicted molar refractivity (Wildman–Crippen MR) is 101 cm³/mol. The van der Waals surface area contributed by atoms with Crippen LogP contribution in [-0.2, 0) is 4.79 Å². The Hall–Kier alpha value is -1.66. The van der Waals surface area contributed by atoms with Crippen molar-refractivity contribution in [1.82, 2.24) is 15.5 Å². The molecule has 1 aromatic rings. The van der Waals surface area contributed by atoms with Gasteiger partial charge in [0.2, 0.25) is 5.91 Å². The number of likely N-dealkylation sites (tertiary alicyclic amines) is 1. The molecule has 26 heavy (non-hydrogen) atoms. The molecule has 1 aliphatic rings. The highest BCUT2D eigenvalue weighted by atomic mass is 35.5. The van der Waals surface area contributed by atoms with Gasteiger partial charge in [0, 0.05) is 43.2 Å². The third-order valence-electron chi connectivity index (χ3n) is 2.93. The molecular formula is C19H27ClFN3O2. The maximum atomic E-state index is 13.7. The zero-order valence-electron chi connectivity index (χ0n) is 28.7. The van der Waals surface area contributed by atoms with Crippen molar-refractivity contribution >= 4 is 23.4 Å². The predicted octanol–water partition coefficient (Wildman–Crippen LogP) is 2.84. The number of amides is 2. The van der Waals surface area contributed by atoms with Crippen LogP contribution in [0.25, 0.3) is 0 Å². The lowest BCUT2D eigenvalue weighted by atomic mass is 9.96. The van der Waals surface area contributed by atoms with Crippen LogP contribution < -0.4 is 10.6 Å². The van der Waals surface area contributed by atoms with Gasteiger partial charge in [-0.3, -0.25) is 14.5 Å². The monoisotopic (exact) mass is 398 g/mol. The van der Waals surface area contributed by atoms with Crippen LogP contribution in [0.3, 0.4) is 0 Å². The summed E-state index contributed by atoms with van der Waals surface area (Å²) in [7, 11) is 0. The van der Waals surface area contributed by atoms with Crippen molar-refractivity contribution in [3.63, 3.8) is 0 Å². The van der Waals surface area contributed by atoms with E-state index < -0.39 is 87.2 Å². The van der Waals surface area contributed by atoms with Gasteiger partial charge in [-0.2, -0.15) is 0 Å². The number of nitrogens with zero attached hydrogens (tertiary/aromatic N) is 1. The third kappa shape index (κ3) is 6.92. The van der Waals surface area contributed by atoms with Gasteiger partial charge in [0.1, 0.15) is 5.82 Å². The number of hydrogen-bond acceptors (Lipinski definition) is 3. The fourth-order valence-corrected chi connectivity index (χ4v) is 2.14. The number of carbonyl (C=O) groups is 2. The molecule has 0 bridgehead atoms. The number of carbonyl (C=O) groups excluding carboxylic acids is 2. The maximum Gasteiger partial charge on any atom is 0.251 e. The number of nitrogens with one attached hydrogen (secondary N) is 2. The Labute approximate surface area is 180 Å². The molecule has 1 aliphatic heterocycles. The van der Waals surface area contributed by atoms with E-state index in [4.69, 9.17) is 32.2 Å². The highest BCUT2D eigenvalue weighted by molar-refractivity contribution is 6.31. The van der Waals surface area contributed by atoms with Gasteiger partial charge >= 0.3 is 0 Å². The molecule has 0 unspecified atom stereocenters. The van der Waals surface area contributed by atoms with Gasteiger partial charge in [-0.05, 0) is 70.5 Å². The van der Waals surface area contributed by atoms with Gasteiger partial charge in [-0.25, -0.2) is 4.39 Å². The van der Waals surface area contributed by atoms with Crippen LogP contribution in [0.1, 0.15) is 64.3 Å². The van der Waals surface area contributed by atoms with Crippen LogP contribution >= 0.6 is 11.6 Å². The van der Waals surface area contributed by atoms with Crippen LogP contribution in [0.4, 0.5) is 4.39 Å². The van der Waals surface area contributed by atoms with E-state index in [1.54, 1.807) is 5.32 Å². The van der Waals surface area contributed by atoms with E-state index in [1.807, 2.05) is 5.32 Å². The minimum atomic E-state index is -3.71. The topological polar surface area (TPSA) is 61.4 Å². The van der Waals surface area contributed by atoms with Crippen molar-refractivity contribution in [2.45, 2.75) is 38.9 Å². The van der Waals surface area contributed by atoms with Crippen molar-refractivity contribution in [3.05, 3.63) is 34.6 Å². The fraction of sp³-hybridized carbons (Fsp3) is 0.579. The zero-order chi connectivity index (χ0) is 32.4. The minimum absolute atomic E-state index is 0.200. The summed E-state index contributed by atoms with van der Waals surface area (Å²) < 4.78 is 135. The van der Waals surface area contributed by atoms with Crippen LogP contribution in [0, 0.1) is 11.7 Å². The van der Waals surface area contributed by atoms with Crippen LogP contribution in [0.15, 0.2) is 18.2 Å². The van der Waals surface area contributed by atoms with E-state index in [0.717, 1.165) is 18.2 Å². The summed E-state index contributed by atoms with van der Waals surface area (Å²) in [6.45, 7) is -16.3. The van der Waals surface area contributed by atoms with Gasteiger partial charge < -0.3 is 10.6 Å². The van der Waals surface area contributed by atoms with Crippen molar-refractivity contribution < 1.29 is 34.5 Å². The molecule has 0 radical (unpaired) electrons. The van der Waals surface area contributed by atoms with Crippen molar-refractivity contribution in [1.29, 1.82) is 0 Å². The van der Waals surface area contributed by atoms with Crippen molar-refractivity contribution in [2.75, 3.05) is 26.1 Å². The Morgan fingerprint density at radius 3 is 2.73 bits per heavy atom. The molecule has 1 saturated heterocycles. The number of hydrogen-bond donors (Lipinski definition) is 2. The molecule has 2 amide bonds. The molecule has 5 nitrogen and oxygen atoms in total. The van der Waals surface area contributed by atoms with Gasteiger partial charge in [0.05, 0.1) is 6.54 Å². The number of halogens is 2. The Morgan fingerprint density at radius 1 is 1.42 bits per heavy atom. The van der Waals surface area contributed by atoms with Gasteiger partial charge in [-0.15, -0.1) is 0 Å². The second kappa shape index (κ2) is 8.82. The Bertz CT molecular complexity index is 1140. The van der Waals surface area contributed by atoms with Crippen molar-refractivity contribution in [3.8, 4) is 0 Å². The molecule has 1 aromatic carbocycles. The molecule has 2 N–H and O–H groups in total. The molecule has 0 aliphatic carbocycles. The number of benzene rings is 1. The molecule has 1 fully saturated rings. The smallest absolute Gasteiger partial charge is 0.251 e. The van der Waals surface area contributed by atoms with E-state index >= 15 is 0 Å². The number of piperidine rings is 1. The molecule has 0 aromatic heterocycles. The maximum absolute atomic E-state index is 13.7. The molecule has 2 rings (SSSR count). The summed E-state index contributed by atoms with van der Waals surface area (Å²) in [5.74, 6) is -7.12. The molecular weight excluding hydrogens is 357 g/mol. The summed E-state index contributed by atoms with van der Waals surface area (Å²) >= 11 is 5.71. The Kier molecular flexibility index (Phi) is 2.76. The van der Waals surface area contributed by atoms with Crippen molar-refractivity contribution in [2.24, 2.45) is 5.89 Å². The first-order chi connectivity index (χ1) is 18.0. The zero-order valence-corrected chi connectivity index (χ0v) is 14.4. The Morgan fingerprint density at radius 2 is 2.12 bits per heavy atom. The summed E-state index contributed by atoms with van der Waals surface area (Å²) in [6.07, 6.45) is -7.42. The van der Waals surface area contributed by atoms with Gasteiger partial charge in [-0.1, -0.05) is 11.6 Å². The van der Waals surface area contributed by atoms with Crippen LogP contribution in [-0.4, -0.2) is 48.3 Å². The van der Waals surface area contributed by atoms with E-state index in [-0.39, 0.29) is 9.92 Å². The largest absolute Gasteiger partial charge is 0.352 e. The lowest BCUT2D eigenvalue weighted by Crippen LogP contribution is -2.48. The third-order valence-corrected chi connectivity index (χ3v) is 3.14. The second-order valence-corrected chi connectivity index (χ2v) is 5.99. The number of rotatable bonds is 5. The SMILES string of the molecule is [2H]C([2H])([2H])C(C)(NC(=O)CN1C([2H])([2H])C([2H])([2H])C([2H])(CNC(=O)c2cc(F)cc(Cl)c2)C([2H])([2H])C1([2H])[2H])C([2H])([2H])[2H]. The average molecular weight is 399 g/mol. The molecule has 144 valence electrons. The average Bonchev–Trinajstić information content (AvgIpc) is 2.77. The first kappa shape index (κ1) is 8.15. The molecule has 0 atom stereocenters. The van der Waals surface area contributed by atoms with E-state index in [9.17, 15) is 14.0 Å². The normalized spacial score (nSPS) is 34.8. The quantitative estimate of drug-likeness (QED) is 0.801. The molecule has 0 saturated carbocycles. The molecule has 0 spiro atoms. The van der Waals surface area contributed by atoms with Crippen LogP contribution in [0.5, 0.6) is 0 Å². The highest BCUT2D eigenvalue weighted by Gasteiger charge is 2.23. The lowest BCUT2D eigenvalue weighted by Gasteiger charge is -2.32. The highest BCUT2D eigenvalue weighted by Crippen LogP contribution is 2.17. The first-order valence-corrected chi connectivity index (χ1v) is 7.72. The summed E-state index contributed by atoms with van der Waals surface area (Å²) in [5.41, 5.74) is -3.32. The molecule has 7 heteroatoms. The van der Waals surface area contributed by atoms with Gasteiger partial charge in [0.15, 0.2) is 0 Å². The van der Waals surface area contributed by atoms with E-state index in [2.05, 4.69) is 0 Å². The van der Waals surface area contributed by atoms with E-state index in [0.29, 0.717) is 6.92 Å². The molecule has 1 heterocycles. The summed E-state index contributed by atoms with van der Waals surface area (Å²) in [5, 5.41) is 3.49. The summed E-state index contributed by atoms with van der Waals surface area (Å²) in [4.78, 5) is 25.2. The minimum Gasteiger partial charge on any atom is -0.352 e. The Balaban J connectivity index is 2.49. The lowest BCUT2D eigenvalue weighted by molar-refractivity contribution is -0.124. The van der Waals surface area contributed by atoms with Gasteiger partial charge in [0.25, 0.3) is 5.91 Å². The second-order valence-electron chi connectivity index (χ2n) is 5.55. The first-order valence-electron chi connectivity index (χ1n) is 14.8. The standard InChI is InChI=1S/C19H27ClFN3O2/c1-19(2,3)23-17(25)12-24-6-4-13(5-7-24)11-22-18(26)14-8-15(20)10-16(21)9-14/h8-10,13H,4-7,11-12H2,1-3H3,(H,22,26)(H,23,25)/i1D3,2D3,4D2,5D2,6D2,7D2,13D. The summed E-state index contributed by atoms with van der Waals surface area (Å²) in [6, 6.07) is 2.61. The fourth-order valence-electron chi connectivity index (χ4n) is 1.91.